The van der Waals surface area contributed by atoms with Crippen LogP contribution in [0.5, 0.6) is 0 Å². The summed E-state index contributed by atoms with van der Waals surface area (Å²) in [7, 11) is -0.560. The van der Waals surface area contributed by atoms with Crippen LogP contribution in [0.15, 0.2) is 0 Å². The van der Waals surface area contributed by atoms with Crippen molar-refractivity contribution in [1.29, 1.82) is 0 Å². The molecule has 0 aromatic heterocycles. The van der Waals surface area contributed by atoms with Gasteiger partial charge in [-0.25, -0.2) is 0 Å². The lowest BCUT2D eigenvalue weighted by atomic mass is 10.0. The molecule has 0 N–H and O–H groups in total. The van der Waals surface area contributed by atoms with Crippen LogP contribution in [0.1, 0.15) is 40.5 Å². The van der Waals surface area contributed by atoms with Gasteiger partial charge in [-0.15, -0.1) is 0 Å². The third-order valence-corrected chi connectivity index (χ3v) is 4.88. The van der Waals surface area contributed by atoms with Crippen LogP contribution in [0.3, 0.4) is 0 Å². The molecule has 0 aliphatic rings. The molecule has 7 heteroatoms. The average Bonchev–Trinajstić information content (AvgIpc) is 2.47. The SMILES string of the molecule is CCOC(=O)C(CCC[SiH2]C(OCC)OCC)C(=O)OCC. The maximum Gasteiger partial charge on any atom is 0.320 e. The van der Waals surface area contributed by atoms with Gasteiger partial charge >= 0.3 is 11.9 Å². The van der Waals surface area contributed by atoms with Crippen molar-refractivity contribution < 1.29 is 28.5 Å². The van der Waals surface area contributed by atoms with Crippen LogP contribution < -0.4 is 0 Å². The van der Waals surface area contributed by atoms with Gasteiger partial charge in [0, 0.05) is 13.2 Å². The number of ether oxygens (including phenoxy) is 4. The Balaban J connectivity index is 4.26. The van der Waals surface area contributed by atoms with Gasteiger partial charge in [0.2, 0.25) is 0 Å². The summed E-state index contributed by atoms with van der Waals surface area (Å²) in [5.41, 5.74) is 0. The van der Waals surface area contributed by atoms with E-state index in [9.17, 15) is 9.59 Å². The first-order valence-electron chi connectivity index (χ1n) is 8.16. The zero-order valence-electron chi connectivity index (χ0n) is 14.3. The maximum atomic E-state index is 11.8. The molecule has 0 fully saturated rings. The second-order valence-corrected chi connectivity index (χ2v) is 6.63. The molecule has 0 atom stereocenters. The van der Waals surface area contributed by atoms with E-state index in [0.717, 1.165) is 12.5 Å². The lowest BCUT2D eigenvalue weighted by Gasteiger charge is -2.17. The topological polar surface area (TPSA) is 71.1 Å². The summed E-state index contributed by atoms with van der Waals surface area (Å²) < 4.78 is 20.9. The van der Waals surface area contributed by atoms with Crippen molar-refractivity contribution >= 4 is 21.5 Å². The third-order valence-electron chi connectivity index (χ3n) is 3.03. The Bertz CT molecular complexity index is 286. The van der Waals surface area contributed by atoms with Gasteiger partial charge in [0.25, 0.3) is 0 Å². The fraction of sp³-hybridized carbons (Fsp3) is 0.867. The van der Waals surface area contributed by atoms with Gasteiger partial charge in [0.15, 0.2) is 5.92 Å². The molecule has 22 heavy (non-hydrogen) atoms. The molecule has 0 unspecified atom stereocenters. The number of hydrogen-bond donors (Lipinski definition) is 0. The molecule has 0 spiro atoms. The highest BCUT2D eigenvalue weighted by atomic mass is 28.2. The molecular weight excluding hydrogens is 304 g/mol. The maximum absolute atomic E-state index is 11.8. The quantitative estimate of drug-likeness (QED) is 0.167. The highest BCUT2D eigenvalue weighted by Gasteiger charge is 2.28. The minimum Gasteiger partial charge on any atom is -0.465 e. The van der Waals surface area contributed by atoms with Crippen LogP contribution in [-0.2, 0) is 28.5 Å². The van der Waals surface area contributed by atoms with E-state index in [4.69, 9.17) is 18.9 Å². The monoisotopic (exact) mass is 334 g/mol. The van der Waals surface area contributed by atoms with E-state index in [1.165, 1.54) is 0 Å². The molecule has 0 saturated carbocycles. The minimum absolute atomic E-state index is 0.0846. The average molecular weight is 334 g/mol. The summed E-state index contributed by atoms with van der Waals surface area (Å²) in [5.74, 6) is -1.88. The lowest BCUT2D eigenvalue weighted by Crippen LogP contribution is -2.29. The lowest BCUT2D eigenvalue weighted by molar-refractivity contribution is -0.161. The predicted molar refractivity (Wildman–Crippen MR) is 86.4 cm³/mol. The molecule has 0 aromatic carbocycles. The Morgan fingerprint density at radius 3 is 1.77 bits per heavy atom. The molecule has 0 aliphatic carbocycles. The van der Waals surface area contributed by atoms with Crippen LogP contribution in [0.25, 0.3) is 0 Å². The van der Waals surface area contributed by atoms with E-state index >= 15 is 0 Å². The van der Waals surface area contributed by atoms with E-state index in [1.54, 1.807) is 13.8 Å². The zero-order chi connectivity index (χ0) is 16.8. The summed E-state index contributed by atoms with van der Waals surface area (Å²) in [6, 6.07) is 0.944. The minimum atomic E-state index is -0.813. The summed E-state index contributed by atoms with van der Waals surface area (Å²) in [5, 5.41) is 0. The highest BCUT2D eigenvalue weighted by molar-refractivity contribution is 6.36. The normalized spacial score (nSPS) is 11.5. The van der Waals surface area contributed by atoms with Gasteiger partial charge in [0.05, 0.1) is 22.7 Å². The van der Waals surface area contributed by atoms with E-state index in [-0.39, 0.29) is 19.1 Å². The summed E-state index contributed by atoms with van der Waals surface area (Å²) in [6.07, 6.45) is 1.22. The standard InChI is InChI=1S/C15H30O6Si/c1-5-18-13(16)12(14(17)19-6-2)10-9-11-22-15(20-7-3)21-8-4/h12,15H,5-11,22H2,1-4H3. The van der Waals surface area contributed by atoms with Crippen LogP contribution in [0, 0.1) is 5.92 Å². The number of hydrogen-bond acceptors (Lipinski definition) is 6. The number of esters is 2. The van der Waals surface area contributed by atoms with Crippen molar-refractivity contribution in [2.45, 2.75) is 52.5 Å². The molecule has 0 amide bonds. The van der Waals surface area contributed by atoms with E-state index in [2.05, 4.69) is 0 Å². The van der Waals surface area contributed by atoms with Gasteiger partial charge < -0.3 is 18.9 Å². The van der Waals surface area contributed by atoms with Gasteiger partial charge in [-0.3, -0.25) is 9.59 Å². The second-order valence-electron chi connectivity index (χ2n) is 4.68. The Morgan fingerprint density at radius 2 is 1.36 bits per heavy atom. The van der Waals surface area contributed by atoms with Crippen LogP contribution >= 0.6 is 0 Å². The van der Waals surface area contributed by atoms with Crippen molar-refractivity contribution in [1.82, 2.24) is 0 Å². The number of carbonyl (C=O) groups excluding carboxylic acids is 2. The Hall–Kier alpha value is -0.923. The van der Waals surface area contributed by atoms with Crippen molar-refractivity contribution in [2.75, 3.05) is 26.4 Å². The molecule has 0 radical (unpaired) electrons. The fourth-order valence-electron chi connectivity index (χ4n) is 2.06. The summed E-state index contributed by atoms with van der Waals surface area (Å²) in [4.78, 5) is 23.7. The molecule has 0 aromatic rings. The molecular formula is C15H30O6Si. The first kappa shape index (κ1) is 21.1. The summed E-state index contributed by atoms with van der Waals surface area (Å²) in [6.45, 7) is 9.12. The molecule has 0 saturated heterocycles. The third kappa shape index (κ3) is 9.17. The molecule has 0 aliphatic heterocycles. The molecule has 0 bridgehead atoms. The zero-order valence-corrected chi connectivity index (χ0v) is 15.7. The highest BCUT2D eigenvalue weighted by Crippen LogP contribution is 2.14. The van der Waals surface area contributed by atoms with Crippen molar-refractivity contribution in [3.8, 4) is 0 Å². The second kappa shape index (κ2) is 13.7. The summed E-state index contributed by atoms with van der Waals surface area (Å²) >= 11 is 0. The van der Waals surface area contributed by atoms with Crippen LogP contribution in [0.2, 0.25) is 6.04 Å². The van der Waals surface area contributed by atoms with Crippen LogP contribution in [0.4, 0.5) is 0 Å². The number of carbonyl (C=O) groups is 2. The van der Waals surface area contributed by atoms with E-state index in [0.29, 0.717) is 19.6 Å². The van der Waals surface area contributed by atoms with Gasteiger partial charge in [0.1, 0.15) is 5.91 Å². The molecule has 6 nitrogen and oxygen atoms in total. The Labute approximate surface area is 135 Å². The van der Waals surface area contributed by atoms with Gasteiger partial charge in [-0.05, 0) is 34.1 Å². The largest absolute Gasteiger partial charge is 0.465 e. The van der Waals surface area contributed by atoms with Gasteiger partial charge in [-0.1, -0.05) is 12.5 Å². The van der Waals surface area contributed by atoms with E-state index in [1.807, 2.05) is 13.8 Å². The molecule has 0 heterocycles. The fourth-order valence-corrected chi connectivity index (χ4v) is 3.78. The van der Waals surface area contributed by atoms with E-state index < -0.39 is 27.4 Å². The smallest absolute Gasteiger partial charge is 0.320 e. The number of rotatable bonds is 13. The van der Waals surface area contributed by atoms with Crippen molar-refractivity contribution in [3.05, 3.63) is 0 Å². The Kier molecular flexibility index (Phi) is 13.1. The first-order valence-corrected chi connectivity index (χ1v) is 9.98. The Morgan fingerprint density at radius 1 is 0.864 bits per heavy atom. The van der Waals surface area contributed by atoms with Crippen molar-refractivity contribution in [2.24, 2.45) is 5.92 Å². The molecule has 130 valence electrons. The first-order chi connectivity index (χ1) is 10.6. The van der Waals surface area contributed by atoms with Gasteiger partial charge in [-0.2, -0.15) is 0 Å². The van der Waals surface area contributed by atoms with Crippen molar-refractivity contribution in [3.63, 3.8) is 0 Å². The van der Waals surface area contributed by atoms with Crippen LogP contribution in [-0.4, -0.2) is 53.8 Å². The predicted octanol–water partition coefficient (Wildman–Crippen LogP) is 1.45. The molecule has 0 rings (SSSR count).